The van der Waals surface area contributed by atoms with E-state index in [0.29, 0.717) is 16.3 Å². The van der Waals surface area contributed by atoms with Crippen molar-refractivity contribution in [3.8, 4) is 17.6 Å². The van der Waals surface area contributed by atoms with Crippen LogP contribution in [-0.2, 0) is 9.53 Å². The maximum absolute atomic E-state index is 12.1. The van der Waals surface area contributed by atoms with Gasteiger partial charge in [-0.15, -0.1) is 11.3 Å². The van der Waals surface area contributed by atoms with Crippen molar-refractivity contribution in [1.82, 2.24) is 0 Å². The second kappa shape index (κ2) is 8.37. The number of benzene rings is 1. The van der Waals surface area contributed by atoms with Gasteiger partial charge in [-0.2, -0.15) is 5.26 Å². The van der Waals surface area contributed by atoms with Gasteiger partial charge in [0.05, 0.1) is 30.4 Å². The fourth-order valence-corrected chi connectivity index (χ4v) is 2.95. The average Bonchev–Trinajstić information content (AvgIpc) is 3.05. The number of hydrogen-bond donors (Lipinski definition) is 1. The number of anilines is 1. The first kappa shape index (κ1) is 18.6. The van der Waals surface area contributed by atoms with Crippen LogP contribution in [0.25, 0.3) is 0 Å². The lowest BCUT2D eigenvalue weighted by atomic mass is 10.2. The van der Waals surface area contributed by atoms with Crippen LogP contribution in [0.15, 0.2) is 23.6 Å². The molecule has 1 aromatic carbocycles. The Labute approximate surface area is 152 Å². The molecule has 1 amide bonds. The third-order valence-corrected chi connectivity index (χ3v) is 4.15. The molecule has 0 aliphatic carbocycles. The lowest BCUT2D eigenvalue weighted by Crippen LogP contribution is -2.20. The van der Waals surface area contributed by atoms with Crippen molar-refractivity contribution in [3.05, 3.63) is 39.7 Å². The third-order valence-electron chi connectivity index (χ3n) is 3.04. The Morgan fingerprint density at radius 2 is 2.08 bits per heavy atom. The molecule has 0 atom stereocenters. The first-order valence-electron chi connectivity index (χ1n) is 6.86. The van der Waals surface area contributed by atoms with Crippen molar-refractivity contribution >= 4 is 39.8 Å². The van der Waals surface area contributed by atoms with Crippen LogP contribution in [0.3, 0.4) is 0 Å². The van der Waals surface area contributed by atoms with Crippen LogP contribution in [0.5, 0.6) is 11.5 Å². The maximum Gasteiger partial charge on any atom is 0.338 e. The number of thiophene rings is 1. The molecule has 1 N–H and O–H groups in total. The van der Waals surface area contributed by atoms with E-state index in [4.69, 9.17) is 31.1 Å². The first-order valence-corrected chi connectivity index (χ1v) is 8.12. The predicted molar refractivity (Wildman–Crippen MR) is 92.5 cm³/mol. The number of halogens is 1. The van der Waals surface area contributed by atoms with Gasteiger partial charge < -0.3 is 19.5 Å². The summed E-state index contributed by atoms with van der Waals surface area (Å²) in [7, 11) is 2.83. The minimum atomic E-state index is -0.746. The van der Waals surface area contributed by atoms with Crippen LogP contribution >= 0.6 is 22.9 Å². The predicted octanol–water partition coefficient (Wildman–Crippen LogP) is 3.09. The summed E-state index contributed by atoms with van der Waals surface area (Å²) in [5.41, 5.74) is 0.459. The van der Waals surface area contributed by atoms with Gasteiger partial charge in [-0.25, -0.2) is 4.79 Å². The number of nitrogens with zero attached hydrogens (tertiary/aromatic N) is 1. The molecule has 7 nitrogen and oxygen atoms in total. The average molecular weight is 381 g/mol. The van der Waals surface area contributed by atoms with E-state index in [1.807, 2.05) is 6.07 Å². The highest BCUT2D eigenvalue weighted by atomic mass is 35.5. The number of nitrogens with one attached hydrogen (secondary N) is 1. The molecule has 2 aromatic rings. The summed E-state index contributed by atoms with van der Waals surface area (Å²) in [5.74, 6) is -0.743. The second-order valence-electron chi connectivity index (χ2n) is 4.59. The molecular formula is C16H13ClN2O5S. The van der Waals surface area contributed by atoms with Crippen LogP contribution in [0.4, 0.5) is 5.00 Å². The topological polar surface area (TPSA) is 97.6 Å². The molecule has 1 heterocycles. The molecule has 0 bridgehead atoms. The van der Waals surface area contributed by atoms with Gasteiger partial charge in [-0.3, -0.25) is 4.79 Å². The molecule has 130 valence electrons. The highest BCUT2D eigenvalue weighted by molar-refractivity contribution is 7.14. The summed E-state index contributed by atoms with van der Waals surface area (Å²) >= 11 is 7.23. The van der Waals surface area contributed by atoms with E-state index in [9.17, 15) is 9.59 Å². The molecule has 0 radical (unpaired) electrons. The molecule has 0 saturated heterocycles. The minimum Gasteiger partial charge on any atom is -0.493 e. The van der Waals surface area contributed by atoms with Crippen molar-refractivity contribution in [2.45, 2.75) is 0 Å². The summed E-state index contributed by atoms with van der Waals surface area (Å²) in [6, 6.07) is 6.29. The van der Waals surface area contributed by atoms with Crippen LogP contribution in [0.1, 0.15) is 15.9 Å². The number of esters is 1. The number of nitriles is 1. The maximum atomic E-state index is 12.1. The molecule has 2 rings (SSSR count). The number of methoxy groups -OCH3 is 2. The molecular weight excluding hydrogens is 368 g/mol. The smallest absolute Gasteiger partial charge is 0.338 e. The third kappa shape index (κ3) is 4.41. The van der Waals surface area contributed by atoms with E-state index in [0.717, 1.165) is 0 Å². The number of carbonyl (C=O) groups is 2. The van der Waals surface area contributed by atoms with E-state index in [-0.39, 0.29) is 16.3 Å². The van der Waals surface area contributed by atoms with Crippen molar-refractivity contribution in [2.75, 3.05) is 26.1 Å². The standard InChI is InChI=1S/C16H13ClN2O5S/c1-22-12-6-10(5-11(17)14(12)23-2)16(21)24-8-13(20)19-15-9(7-18)3-4-25-15/h3-6H,8H2,1-2H3,(H,19,20). The van der Waals surface area contributed by atoms with E-state index in [1.54, 1.807) is 11.4 Å². The molecule has 0 aliphatic heterocycles. The molecule has 0 aliphatic rings. The lowest BCUT2D eigenvalue weighted by molar-refractivity contribution is -0.119. The number of carbonyl (C=O) groups excluding carboxylic acids is 2. The van der Waals surface area contributed by atoms with E-state index < -0.39 is 18.5 Å². The first-order chi connectivity index (χ1) is 12.0. The zero-order chi connectivity index (χ0) is 18.4. The van der Waals surface area contributed by atoms with Crippen LogP contribution in [0.2, 0.25) is 5.02 Å². The summed E-state index contributed by atoms with van der Waals surface area (Å²) in [5, 5.41) is 13.6. The second-order valence-corrected chi connectivity index (χ2v) is 5.92. The molecule has 0 saturated carbocycles. The quantitative estimate of drug-likeness (QED) is 0.773. The Morgan fingerprint density at radius 1 is 1.32 bits per heavy atom. The lowest BCUT2D eigenvalue weighted by Gasteiger charge is -2.11. The van der Waals surface area contributed by atoms with Crippen LogP contribution < -0.4 is 14.8 Å². The van der Waals surface area contributed by atoms with E-state index >= 15 is 0 Å². The van der Waals surface area contributed by atoms with Crippen LogP contribution in [-0.4, -0.2) is 32.7 Å². The van der Waals surface area contributed by atoms with Crippen molar-refractivity contribution < 1.29 is 23.8 Å². The Hall–Kier alpha value is -2.76. The van der Waals surface area contributed by atoms with Crippen molar-refractivity contribution in [2.24, 2.45) is 0 Å². The zero-order valence-corrected chi connectivity index (χ0v) is 14.9. The number of amides is 1. The fourth-order valence-electron chi connectivity index (χ4n) is 1.91. The summed E-state index contributed by atoms with van der Waals surface area (Å²) in [4.78, 5) is 23.9. The summed E-state index contributed by atoms with van der Waals surface area (Å²) in [6.07, 6.45) is 0. The number of ether oxygens (including phenoxy) is 3. The highest BCUT2D eigenvalue weighted by Gasteiger charge is 2.17. The number of hydrogen-bond acceptors (Lipinski definition) is 7. The van der Waals surface area contributed by atoms with Gasteiger partial charge >= 0.3 is 5.97 Å². The van der Waals surface area contributed by atoms with Gasteiger partial charge in [-0.05, 0) is 23.6 Å². The molecule has 0 spiro atoms. The monoisotopic (exact) mass is 380 g/mol. The molecule has 1 aromatic heterocycles. The Bertz CT molecular complexity index is 844. The summed E-state index contributed by atoms with van der Waals surface area (Å²) < 4.78 is 15.1. The SMILES string of the molecule is COc1cc(C(=O)OCC(=O)Nc2sccc2C#N)cc(Cl)c1OC. The zero-order valence-electron chi connectivity index (χ0n) is 13.3. The Morgan fingerprint density at radius 3 is 2.72 bits per heavy atom. The normalized spacial score (nSPS) is 9.84. The van der Waals surface area contributed by atoms with Gasteiger partial charge in [0.15, 0.2) is 18.1 Å². The summed E-state index contributed by atoms with van der Waals surface area (Å²) in [6.45, 7) is -0.506. The van der Waals surface area contributed by atoms with Gasteiger partial charge in [-0.1, -0.05) is 11.6 Å². The van der Waals surface area contributed by atoms with Gasteiger partial charge in [0.2, 0.25) is 0 Å². The number of rotatable bonds is 6. The highest BCUT2D eigenvalue weighted by Crippen LogP contribution is 2.36. The van der Waals surface area contributed by atoms with Crippen molar-refractivity contribution in [3.63, 3.8) is 0 Å². The minimum absolute atomic E-state index is 0.115. The van der Waals surface area contributed by atoms with Gasteiger partial charge in [0, 0.05) is 0 Å². The Kier molecular flexibility index (Phi) is 6.22. The van der Waals surface area contributed by atoms with Gasteiger partial charge in [0.1, 0.15) is 11.1 Å². The largest absolute Gasteiger partial charge is 0.493 e. The van der Waals surface area contributed by atoms with Crippen LogP contribution in [0, 0.1) is 11.3 Å². The molecule has 0 fully saturated rings. The van der Waals surface area contributed by atoms with E-state index in [2.05, 4.69) is 5.32 Å². The molecule has 9 heteroatoms. The van der Waals surface area contributed by atoms with Crippen molar-refractivity contribution in [1.29, 1.82) is 5.26 Å². The molecule has 0 unspecified atom stereocenters. The molecule has 25 heavy (non-hydrogen) atoms. The Balaban J connectivity index is 2.02. The fraction of sp³-hybridized carbons (Fsp3) is 0.188. The van der Waals surface area contributed by atoms with E-state index in [1.165, 1.54) is 37.7 Å². The van der Waals surface area contributed by atoms with Gasteiger partial charge in [0.25, 0.3) is 5.91 Å².